The average molecular weight is 412 g/mol. The molecule has 0 unspecified atom stereocenters. The van der Waals surface area contributed by atoms with Gasteiger partial charge in [-0.3, -0.25) is 13.8 Å². The Kier molecular flexibility index (Phi) is 4.64. The van der Waals surface area contributed by atoms with Crippen molar-refractivity contribution in [2.45, 2.75) is 39.7 Å². The van der Waals surface area contributed by atoms with E-state index >= 15 is 0 Å². The molecule has 10 heteroatoms. The number of carboxylic acid groups (broad SMARTS) is 1. The summed E-state index contributed by atoms with van der Waals surface area (Å²) < 4.78 is 16.6. The third-order valence-electron chi connectivity index (χ3n) is 4.78. The van der Waals surface area contributed by atoms with Crippen molar-refractivity contribution in [1.29, 1.82) is 0 Å². The highest BCUT2D eigenvalue weighted by Gasteiger charge is 2.26. The van der Waals surface area contributed by atoms with Crippen LogP contribution in [0.3, 0.4) is 0 Å². The largest absolute Gasteiger partial charge is 0.481 e. The number of rotatable bonds is 5. The standard InChI is InChI=1S/C20H21FN6O3/c1-20(2,3)7-12(6-16(28)29)27-18-13(24-19(27)30)8-23-17(25-18)14-9-22-15-5-4-11(21)10-26(14)15/h4-5,8-10,12H,6-7H2,1-3H3,(H,24,30)(H,28,29)/t12-/m0/s1. The number of halogens is 1. The summed E-state index contributed by atoms with van der Waals surface area (Å²) in [4.78, 5) is 39.9. The van der Waals surface area contributed by atoms with Gasteiger partial charge in [-0.25, -0.2) is 24.1 Å². The Morgan fingerprint density at radius 3 is 2.73 bits per heavy atom. The number of aliphatic carboxylic acids is 1. The lowest BCUT2D eigenvalue weighted by atomic mass is 9.87. The third-order valence-corrected chi connectivity index (χ3v) is 4.78. The van der Waals surface area contributed by atoms with E-state index in [-0.39, 0.29) is 17.7 Å². The van der Waals surface area contributed by atoms with Gasteiger partial charge in [0.2, 0.25) is 0 Å². The van der Waals surface area contributed by atoms with Crippen molar-refractivity contribution in [2.24, 2.45) is 5.41 Å². The summed E-state index contributed by atoms with van der Waals surface area (Å²) in [5.41, 5.74) is 1.02. The maximum absolute atomic E-state index is 13.7. The number of aromatic amines is 1. The van der Waals surface area contributed by atoms with Crippen molar-refractivity contribution in [3.63, 3.8) is 0 Å². The van der Waals surface area contributed by atoms with Crippen LogP contribution in [0.5, 0.6) is 0 Å². The van der Waals surface area contributed by atoms with Gasteiger partial charge in [0.15, 0.2) is 11.5 Å². The number of imidazole rings is 2. The third kappa shape index (κ3) is 3.68. The van der Waals surface area contributed by atoms with Gasteiger partial charge in [-0.1, -0.05) is 20.8 Å². The fourth-order valence-corrected chi connectivity index (χ4v) is 3.66. The number of carboxylic acids is 1. The van der Waals surface area contributed by atoms with Crippen molar-refractivity contribution in [3.05, 3.63) is 47.0 Å². The van der Waals surface area contributed by atoms with E-state index in [0.29, 0.717) is 28.9 Å². The molecular formula is C20H21FN6O3. The molecule has 0 spiro atoms. The maximum Gasteiger partial charge on any atom is 0.327 e. The highest BCUT2D eigenvalue weighted by Crippen LogP contribution is 2.31. The predicted molar refractivity (Wildman–Crippen MR) is 108 cm³/mol. The second kappa shape index (κ2) is 7.05. The van der Waals surface area contributed by atoms with Crippen LogP contribution in [-0.4, -0.2) is 40.0 Å². The predicted octanol–water partition coefficient (Wildman–Crippen LogP) is 3.03. The van der Waals surface area contributed by atoms with Gasteiger partial charge < -0.3 is 10.1 Å². The molecule has 1 atom stereocenters. The van der Waals surface area contributed by atoms with E-state index in [1.54, 1.807) is 0 Å². The van der Waals surface area contributed by atoms with E-state index in [2.05, 4.69) is 19.9 Å². The summed E-state index contributed by atoms with van der Waals surface area (Å²) in [7, 11) is 0. The average Bonchev–Trinajstić information content (AvgIpc) is 3.18. The summed E-state index contributed by atoms with van der Waals surface area (Å²) in [5.74, 6) is -1.19. The molecule has 0 aromatic carbocycles. The topological polar surface area (TPSA) is 118 Å². The minimum atomic E-state index is -1.00. The molecular weight excluding hydrogens is 391 g/mol. The SMILES string of the molecule is CC(C)(C)C[C@H](CC(=O)O)n1c(=O)[nH]c2cnc(-c3cnc4ccc(F)cn34)nc21. The summed E-state index contributed by atoms with van der Waals surface area (Å²) in [6.45, 7) is 5.94. The Balaban J connectivity index is 1.89. The summed E-state index contributed by atoms with van der Waals surface area (Å²) in [6, 6.07) is 2.25. The molecule has 0 amide bonds. The van der Waals surface area contributed by atoms with Crippen LogP contribution in [-0.2, 0) is 4.79 Å². The van der Waals surface area contributed by atoms with Gasteiger partial charge in [-0.05, 0) is 24.0 Å². The van der Waals surface area contributed by atoms with Gasteiger partial charge in [-0.15, -0.1) is 0 Å². The Morgan fingerprint density at radius 2 is 2.03 bits per heavy atom. The molecule has 30 heavy (non-hydrogen) atoms. The van der Waals surface area contributed by atoms with Crippen LogP contribution in [0.15, 0.2) is 35.5 Å². The van der Waals surface area contributed by atoms with Crippen molar-refractivity contribution >= 4 is 22.8 Å². The lowest BCUT2D eigenvalue weighted by molar-refractivity contribution is -0.138. The van der Waals surface area contributed by atoms with E-state index in [4.69, 9.17) is 0 Å². The molecule has 4 heterocycles. The van der Waals surface area contributed by atoms with E-state index in [9.17, 15) is 19.1 Å². The number of aromatic nitrogens is 6. The van der Waals surface area contributed by atoms with Crippen molar-refractivity contribution in [2.75, 3.05) is 0 Å². The van der Waals surface area contributed by atoms with Gasteiger partial charge >= 0.3 is 11.7 Å². The first-order valence-electron chi connectivity index (χ1n) is 9.44. The minimum absolute atomic E-state index is 0.210. The summed E-state index contributed by atoms with van der Waals surface area (Å²) >= 11 is 0. The fourth-order valence-electron chi connectivity index (χ4n) is 3.66. The van der Waals surface area contributed by atoms with E-state index in [0.717, 1.165) is 0 Å². The fraction of sp³-hybridized carbons (Fsp3) is 0.350. The molecule has 0 fully saturated rings. The smallest absolute Gasteiger partial charge is 0.327 e. The van der Waals surface area contributed by atoms with Crippen LogP contribution in [0.2, 0.25) is 0 Å². The van der Waals surface area contributed by atoms with Gasteiger partial charge in [0.1, 0.15) is 22.7 Å². The van der Waals surface area contributed by atoms with Gasteiger partial charge in [0, 0.05) is 6.20 Å². The molecule has 4 aromatic rings. The van der Waals surface area contributed by atoms with Crippen LogP contribution in [0.25, 0.3) is 28.3 Å². The number of fused-ring (bicyclic) bond motifs is 2. The first kappa shape index (κ1) is 19.7. The molecule has 0 aliphatic rings. The van der Waals surface area contributed by atoms with Gasteiger partial charge in [0.05, 0.1) is 24.9 Å². The van der Waals surface area contributed by atoms with Crippen LogP contribution >= 0.6 is 0 Å². The lowest BCUT2D eigenvalue weighted by Crippen LogP contribution is -2.28. The van der Waals surface area contributed by atoms with E-state index < -0.39 is 23.5 Å². The monoisotopic (exact) mass is 412 g/mol. The van der Waals surface area contributed by atoms with E-state index in [1.165, 1.54) is 39.7 Å². The molecule has 0 aliphatic carbocycles. The van der Waals surface area contributed by atoms with Crippen molar-refractivity contribution in [1.82, 2.24) is 28.9 Å². The molecule has 0 bridgehead atoms. The number of hydrogen-bond acceptors (Lipinski definition) is 5. The Bertz CT molecular complexity index is 1310. The Hall–Kier alpha value is -3.56. The van der Waals surface area contributed by atoms with Crippen LogP contribution < -0.4 is 5.69 Å². The highest BCUT2D eigenvalue weighted by atomic mass is 19.1. The molecule has 156 valence electrons. The number of carbonyl (C=O) groups is 1. The van der Waals surface area contributed by atoms with Gasteiger partial charge in [-0.2, -0.15) is 0 Å². The quantitative estimate of drug-likeness (QED) is 0.520. The number of pyridine rings is 1. The second-order valence-corrected chi connectivity index (χ2v) is 8.47. The summed E-state index contributed by atoms with van der Waals surface area (Å²) in [6.07, 6.45) is 4.51. The number of nitrogens with one attached hydrogen (secondary N) is 1. The first-order chi connectivity index (χ1) is 14.1. The van der Waals surface area contributed by atoms with Gasteiger partial charge in [0.25, 0.3) is 0 Å². The molecule has 4 rings (SSSR count). The minimum Gasteiger partial charge on any atom is -0.481 e. The zero-order valence-corrected chi connectivity index (χ0v) is 16.8. The molecule has 0 aliphatic heterocycles. The molecule has 0 saturated heterocycles. The second-order valence-electron chi connectivity index (χ2n) is 8.47. The number of hydrogen-bond donors (Lipinski definition) is 2. The van der Waals surface area contributed by atoms with Crippen molar-refractivity contribution < 1.29 is 14.3 Å². The van der Waals surface area contributed by atoms with E-state index in [1.807, 2.05) is 20.8 Å². The lowest BCUT2D eigenvalue weighted by Gasteiger charge is -2.25. The summed E-state index contributed by atoms with van der Waals surface area (Å²) in [5, 5.41) is 9.39. The van der Waals surface area contributed by atoms with Crippen molar-refractivity contribution in [3.8, 4) is 11.5 Å². The molecule has 9 nitrogen and oxygen atoms in total. The van der Waals surface area contributed by atoms with Crippen LogP contribution in [0.1, 0.15) is 39.7 Å². The molecule has 0 radical (unpaired) electrons. The Morgan fingerprint density at radius 1 is 1.27 bits per heavy atom. The Labute approximate surface area is 170 Å². The number of nitrogens with zero attached hydrogens (tertiary/aromatic N) is 5. The highest BCUT2D eigenvalue weighted by molar-refractivity contribution is 5.73. The zero-order chi connectivity index (χ0) is 21.6. The molecule has 2 N–H and O–H groups in total. The first-order valence-corrected chi connectivity index (χ1v) is 9.44. The molecule has 4 aromatic heterocycles. The van der Waals surface area contributed by atoms with Crippen LogP contribution in [0, 0.1) is 11.2 Å². The normalized spacial score (nSPS) is 13.2. The molecule has 0 saturated carbocycles. The van der Waals surface area contributed by atoms with Crippen LogP contribution in [0.4, 0.5) is 4.39 Å². The maximum atomic E-state index is 13.7. The zero-order valence-electron chi connectivity index (χ0n) is 16.8. The number of H-pyrrole nitrogens is 1.